The fourth-order valence-corrected chi connectivity index (χ4v) is 6.57. The number of allylic oxidation sites excluding steroid dienone is 3. The maximum atomic E-state index is 11.8. The Balaban J connectivity index is 1.54. The lowest BCUT2D eigenvalue weighted by atomic mass is 10.0. The minimum absolute atomic E-state index is 0.173. The van der Waals surface area contributed by atoms with Crippen LogP contribution >= 0.6 is 11.6 Å². The summed E-state index contributed by atoms with van der Waals surface area (Å²) < 4.78 is 73.4. The maximum Gasteiger partial charge on any atom is 0.374 e. The number of halogens is 1. The van der Waals surface area contributed by atoms with Crippen molar-refractivity contribution in [2.24, 2.45) is 0 Å². The van der Waals surface area contributed by atoms with Gasteiger partial charge in [0.2, 0.25) is 5.58 Å². The second kappa shape index (κ2) is 13.5. The lowest BCUT2D eigenvalue weighted by molar-refractivity contribution is -0.677. The van der Waals surface area contributed by atoms with E-state index in [4.69, 9.17) is 16.0 Å². The third kappa shape index (κ3) is 8.03. The summed E-state index contributed by atoms with van der Waals surface area (Å²) in [6.07, 6.45) is 5.66. The highest BCUT2D eigenvalue weighted by Gasteiger charge is 2.28. The number of aryl methyl sites for hydroxylation is 1. The van der Waals surface area contributed by atoms with E-state index >= 15 is 0 Å². The van der Waals surface area contributed by atoms with E-state index in [9.17, 15) is 25.9 Å². The van der Waals surface area contributed by atoms with Crippen molar-refractivity contribution in [3.63, 3.8) is 0 Å². The third-order valence-corrected chi connectivity index (χ3v) is 10.3. The van der Waals surface area contributed by atoms with Gasteiger partial charge in [-0.1, -0.05) is 61.0 Å². The number of nitrogens with zero attached hydrogens (tertiary/aromatic N) is 2. The van der Waals surface area contributed by atoms with Crippen molar-refractivity contribution < 1.29 is 34.9 Å². The molecule has 1 aliphatic rings. The lowest BCUT2D eigenvalue weighted by Gasteiger charge is -2.24. The summed E-state index contributed by atoms with van der Waals surface area (Å²) >= 11 is 6.27. The predicted molar refractivity (Wildman–Crippen MR) is 177 cm³/mol. The standard InChI is InChI=1S/C33H35ClN2O7S2/c1-3-24(19-33-36(15-7-17-44(37,38)39)31-22-28(34)12-13-32(31)43-33)18-29-20-27-11-10-26(25-8-5-4-6-9-25)21-30(27)35(29)16-14-23(2)45(40,41)42/h4-6,8-13,18-19,21-23H,3,7,14-17,20H2,1-2H3,(H-,37,38,39,40,41,42)/p+1. The number of anilines is 1. The number of aromatic nitrogens is 1. The molecular weight excluding hydrogens is 636 g/mol. The molecule has 2 heterocycles. The monoisotopic (exact) mass is 671 g/mol. The number of hydrogen-bond acceptors (Lipinski definition) is 6. The maximum absolute atomic E-state index is 11.8. The van der Waals surface area contributed by atoms with Crippen LogP contribution in [0.15, 0.2) is 88.5 Å². The van der Waals surface area contributed by atoms with Crippen molar-refractivity contribution in [3.05, 3.63) is 101 Å². The van der Waals surface area contributed by atoms with Crippen molar-refractivity contribution >= 4 is 54.7 Å². The molecule has 0 spiro atoms. The highest BCUT2D eigenvalue weighted by atomic mass is 35.5. The molecule has 12 heteroatoms. The molecule has 1 atom stereocenters. The van der Waals surface area contributed by atoms with E-state index < -0.39 is 25.5 Å². The summed E-state index contributed by atoms with van der Waals surface area (Å²) in [5.74, 6) is 0.117. The van der Waals surface area contributed by atoms with Crippen molar-refractivity contribution in [2.75, 3.05) is 17.2 Å². The van der Waals surface area contributed by atoms with Crippen LogP contribution < -0.4 is 9.47 Å². The number of rotatable bonds is 12. The predicted octanol–water partition coefficient (Wildman–Crippen LogP) is 6.73. The topological polar surface area (TPSA) is 129 Å². The van der Waals surface area contributed by atoms with Crippen molar-refractivity contribution in [1.29, 1.82) is 0 Å². The zero-order valence-corrected chi connectivity index (χ0v) is 27.4. The van der Waals surface area contributed by atoms with Crippen LogP contribution in [-0.4, -0.2) is 43.5 Å². The summed E-state index contributed by atoms with van der Waals surface area (Å²) in [4.78, 5) is 2.12. The summed E-state index contributed by atoms with van der Waals surface area (Å²) in [7, 11) is -8.31. The first-order valence-electron chi connectivity index (χ1n) is 14.7. The van der Waals surface area contributed by atoms with Gasteiger partial charge in [0.25, 0.3) is 25.8 Å². The van der Waals surface area contributed by atoms with Crippen molar-refractivity contribution in [3.8, 4) is 11.1 Å². The van der Waals surface area contributed by atoms with Crippen LogP contribution in [0.25, 0.3) is 28.3 Å². The van der Waals surface area contributed by atoms with Gasteiger partial charge in [0.05, 0.1) is 17.1 Å². The van der Waals surface area contributed by atoms with Gasteiger partial charge in [0.1, 0.15) is 0 Å². The zero-order valence-electron chi connectivity index (χ0n) is 25.1. The Kier molecular flexibility index (Phi) is 9.85. The first kappa shape index (κ1) is 32.9. The Morgan fingerprint density at radius 1 is 1.04 bits per heavy atom. The molecule has 1 aliphatic heterocycles. The molecular formula is C33H36ClN2O7S2+. The molecule has 2 N–H and O–H groups in total. The Morgan fingerprint density at radius 3 is 2.49 bits per heavy atom. The Hall–Kier alpha value is -3.48. The Labute approximate surface area is 268 Å². The summed E-state index contributed by atoms with van der Waals surface area (Å²) in [6.45, 7) is 4.18. The Morgan fingerprint density at radius 2 is 1.80 bits per heavy atom. The average molecular weight is 672 g/mol. The minimum Gasteiger partial charge on any atom is -0.398 e. The van der Waals surface area contributed by atoms with Crippen LogP contribution in [0.4, 0.5) is 5.69 Å². The molecule has 0 aliphatic carbocycles. The van der Waals surface area contributed by atoms with Gasteiger partial charge in [-0.2, -0.15) is 21.4 Å². The van der Waals surface area contributed by atoms with Crippen LogP contribution in [-0.2, 0) is 33.2 Å². The molecule has 1 aromatic heterocycles. The molecule has 0 saturated heterocycles. The van der Waals surface area contributed by atoms with Gasteiger partial charge in [0.15, 0.2) is 6.54 Å². The third-order valence-electron chi connectivity index (χ3n) is 8.01. The molecule has 0 amide bonds. The quantitative estimate of drug-likeness (QED) is 0.125. The van der Waals surface area contributed by atoms with Crippen LogP contribution in [0.5, 0.6) is 0 Å². The molecule has 4 aromatic rings. The number of oxazole rings is 1. The van der Waals surface area contributed by atoms with Crippen LogP contribution in [0, 0.1) is 0 Å². The molecule has 238 valence electrons. The molecule has 3 aromatic carbocycles. The minimum atomic E-state index is -4.18. The molecule has 45 heavy (non-hydrogen) atoms. The van der Waals surface area contributed by atoms with E-state index in [0.29, 0.717) is 41.4 Å². The van der Waals surface area contributed by atoms with E-state index in [1.807, 2.05) is 47.9 Å². The molecule has 0 saturated carbocycles. The van der Waals surface area contributed by atoms with E-state index in [1.165, 1.54) is 6.92 Å². The number of hydrogen-bond donors (Lipinski definition) is 2. The lowest BCUT2D eigenvalue weighted by Crippen LogP contribution is -2.36. The molecule has 1 unspecified atom stereocenters. The van der Waals surface area contributed by atoms with Gasteiger partial charge < -0.3 is 9.32 Å². The second-order valence-corrected chi connectivity index (χ2v) is 15.0. The first-order chi connectivity index (χ1) is 21.3. The van der Waals surface area contributed by atoms with Crippen molar-refractivity contribution in [1.82, 2.24) is 0 Å². The van der Waals surface area contributed by atoms with Gasteiger partial charge in [0, 0.05) is 41.9 Å². The van der Waals surface area contributed by atoms with Gasteiger partial charge in [-0.15, -0.1) is 0 Å². The zero-order chi connectivity index (χ0) is 32.4. The largest absolute Gasteiger partial charge is 0.398 e. The van der Waals surface area contributed by atoms with Crippen LogP contribution in [0.3, 0.4) is 0 Å². The SMILES string of the molecule is CCC(=C\c1oc2ccc(Cl)cc2[n+]1CCCS(=O)(=O)O)/C=C1\Cc2ccc(-c3ccccc3)cc2N1CCC(C)S(=O)(=O)O. The second-order valence-electron chi connectivity index (χ2n) is 11.2. The smallest absolute Gasteiger partial charge is 0.374 e. The van der Waals surface area contributed by atoms with E-state index in [0.717, 1.165) is 33.6 Å². The van der Waals surface area contributed by atoms with Gasteiger partial charge in [-0.3, -0.25) is 9.11 Å². The highest BCUT2D eigenvalue weighted by molar-refractivity contribution is 7.86. The van der Waals surface area contributed by atoms with E-state index in [1.54, 1.807) is 18.2 Å². The van der Waals surface area contributed by atoms with Gasteiger partial charge in [-0.05, 0) is 66.3 Å². The van der Waals surface area contributed by atoms with Crippen molar-refractivity contribution in [2.45, 2.75) is 51.3 Å². The van der Waals surface area contributed by atoms with Crippen LogP contribution in [0.2, 0.25) is 5.02 Å². The number of benzene rings is 3. The molecule has 0 radical (unpaired) electrons. The summed E-state index contributed by atoms with van der Waals surface area (Å²) in [5.41, 5.74) is 7.40. The fraction of sp³-hybridized carbons (Fsp3) is 0.303. The van der Waals surface area contributed by atoms with Crippen LogP contribution in [0.1, 0.15) is 44.6 Å². The summed E-state index contributed by atoms with van der Waals surface area (Å²) in [6, 6.07) is 21.6. The first-order valence-corrected chi connectivity index (χ1v) is 18.2. The molecule has 0 bridgehead atoms. The van der Waals surface area contributed by atoms with E-state index in [-0.39, 0.29) is 25.1 Å². The fourth-order valence-electron chi connectivity index (χ4n) is 5.51. The van der Waals surface area contributed by atoms with Gasteiger partial charge >= 0.3 is 5.89 Å². The Bertz CT molecular complexity index is 1990. The van der Waals surface area contributed by atoms with E-state index in [2.05, 4.69) is 29.2 Å². The van der Waals surface area contributed by atoms with Gasteiger partial charge in [-0.25, -0.2) is 0 Å². The molecule has 9 nitrogen and oxygen atoms in total. The summed E-state index contributed by atoms with van der Waals surface area (Å²) in [5, 5.41) is -0.418. The average Bonchev–Trinajstić information content (AvgIpc) is 3.50. The highest BCUT2D eigenvalue weighted by Crippen LogP contribution is 2.39. The number of fused-ring (bicyclic) bond motifs is 2. The normalized spacial score (nSPS) is 15.6. The molecule has 5 rings (SSSR count). The molecule has 0 fully saturated rings.